The quantitative estimate of drug-likeness (QED) is 0.640. The average Bonchev–Trinajstić information content (AvgIpc) is 2.39. The van der Waals surface area contributed by atoms with E-state index in [0.29, 0.717) is 13.0 Å². The molecule has 100 valence electrons. The Morgan fingerprint density at radius 3 is 2.89 bits per heavy atom. The van der Waals surface area contributed by atoms with Crippen LogP contribution in [-0.4, -0.2) is 22.4 Å². The molecule has 1 heterocycles. The summed E-state index contributed by atoms with van der Waals surface area (Å²) >= 11 is 3.38. The molecule has 0 radical (unpaired) electrons. The molecule has 0 saturated heterocycles. The van der Waals surface area contributed by atoms with E-state index in [1.807, 2.05) is 31.2 Å². The molecule has 1 aromatic carbocycles. The molecule has 0 spiro atoms. The first-order valence-electron chi connectivity index (χ1n) is 6.27. The number of pyridine rings is 1. The highest BCUT2D eigenvalue weighted by molar-refractivity contribution is 9.10. The lowest BCUT2D eigenvalue weighted by molar-refractivity contribution is -0.142. The van der Waals surface area contributed by atoms with E-state index in [0.717, 1.165) is 22.2 Å². The molecule has 2 aromatic rings. The molecule has 1 unspecified atom stereocenters. The maximum absolute atomic E-state index is 11.7. The highest BCUT2D eigenvalue weighted by Crippen LogP contribution is 2.21. The SMILES string of the molecule is CCOC(=O)C(Br)Cc1cccc2ccc(C)nc12. The molecule has 0 bridgehead atoms. The van der Waals surface area contributed by atoms with Crippen molar-refractivity contribution in [1.29, 1.82) is 0 Å². The number of ether oxygens (including phenoxy) is 1. The minimum Gasteiger partial charge on any atom is -0.465 e. The largest absolute Gasteiger partial charge is 0.465 e. The number of aryl methyl sites for hydroxylation is 1. The molecule has 0 saturated carbocycles. The van der Waals surface area contributed by atoms with Crippen molar-refractivity contribution >= 4 is 32.8 Å². The van der Waals surface area contributed by atoms with E-state index >= 15 is 0 Å². The van der Waals surface area contributed by atoms with E-state index < -0.39 is 0 Å². The van der Waals surface area contributed by atoms with Crippen LogP contribution in [0.1, 0.15) is 18.2 Å². The molecule has 1 aromatic heterocycles. The topological polar surface area (TPSA) is 39.2 Å². The highest BCUT2D eigenvalue weighted by Gasteiger charge is 2.18. The van der Waals surface area contributed by atoms with Crippen LogP contribution in [0.4, 0.5) is 0 Å². The second kappa shape index (κ2) is 6.15. The Balaban J connectivity index is 2.30. The van der Waals surface area contributed by atoms with Crippen LogP contribution in [0.15, 0.2) is 30.3 Å². The normalized spacial score (nSPS) is 12.4. The molecule has 1 atom stereocenters. The second-order valence-electron chi connectivity index (χ2n) is 4.37. The number of benzene rings is 1. The van der Waals surface area contributed by atoms with E-state index in [2.05, 4.69) is 27.0 Å². The summed E-state index contributed by atoms with van der Waals surface area (Å²) in [6, 6.07) is 10.1. The van der Waals surface area contributed by atoms with Gasteiger partial charge in [-0.15, -0.1) is 0 Å². The van der Waals surface area contributed by atoms with Crippen LogP contribution in [-0.2, 0) is 16.0 Å². The predicted molar refractivity (Wildman–Crippen MR) is 79.5 cm³/mol. The molecule has 19 heavy (non-hydrogen) atoms. The molecule has 0 fully saturated rings. The van der Waals surface area contributed by atoms with Crippen molar-refractivity contribution < 1.29 is 9.53 Å². The number of fused-ring (bicyclic) bond motifs is 1. The third-order valence-electron chi connectivity index (χ3n) is 2.88. The van der Waals surface area contributed by atoms with Crippen LogP contribution in [0, 0.1) is 6.92 Å². The Morgan fingerprint density at radius 2 is 2.16 bits per heavy atom. The molecular formula is C15H16BrNO2. The number of nitrogens with zero attached hydrogens (tertiary/aromatic N) is 1. The number of para-hydroxylation sites is 1. The van der Waals surface area contributed by atoms with Gasteiger partial charge in [0, 0.05) is 11.1 Å². The maximum Gasteiger partial charge on any atom is 0.320 e. The monoisotopic (exact) mass is 321 g/mol. The van der Waals surface area contributed by atoms with E-state index in [9.17, 15) is 4.79 Å². The Hall–Kier alpha value is -1.42. The van der Waals surface area contributed by atoms with E-state index in [1.165, 1.54) is 0 Å². The first-order chi connectivity index (χ1) is 9.11. The summed E-state index contributed by atoms with van der Waals surface area (Å²) in [6.45, 7) is 4.17. The lowest BCUT2D eigenvalue weighted by atomic mass is 10.0. The minimum absolute atomic E-state index is 0.229. The van der Waals surface area contributed by atoms with Gasteiger partial charge in [0.2, 0.25) is 0 Å². The fraction of sp³-hybridized carbons (Fsp3) is 0.333. The van der Waals surface area contributed by atoms with Crippen LogP contribution in [0.5, 0.6) is 0 Å². The Kier molecular flexibility index (Phi) is 4.53. The van der Waals surface area contributed by atoms with Crippen molar-refractivity contribution in [3.8, 4) is 0 Å². The van der Waals surface area contributed by atoms with Gasteiger partial charge < -0.3 is 4.74 Å². The number of rotatable bonds is 4. The fourth-order valence-electron chi connectivity index (χ4n) is 1.98. The molecule has 0 aliphatic heterocycles. The standard InChI is InChI=1S/C15H16BrNO2/c1-3-19-15(18)13(16)9-12-6-4-5-11-8-7-10(2)17-14(11)12/h4-8,13H,3,9H2,1-2H3. The third-order valence-corrected chi connectivity index (χ3v) is 3.58. The molecule has 0 aliphatic rings. The zero-order valence-corrected chi connectivity index (χ0v) is 12.6. The van der Waals surface area contributed by atoms with Crippen LogP contribution in [0.2, 0.25) is 0 Å². The number of carbonyl (C=O) groups excluding carboxylic acids is 1. The molecule has 3 nitrogen and oxygen atoms in total. The summed E-state index contributed by atoms with van der Waals surface area (Å²) in [5.74, 6) is -0.229. The van der Waals surface area contributed by atoms with Gasteiger partial charge in [-0.25, -0.2) is 0 Å². The summed E-state index contributed by atoms with van der Waals surface area (Å²) in [7, 11) is 0. The molecule has 0 amide bonds. The summed E-state index contributed by atoms with van der Waals surface area (Å²) < 4.78 is 5.01. The summed E-state index contributed by atoms with van der Waals surface area (Å²) in [5, 5.41) is 1.09. The highest BCUT2D eigenvalue weighted by atomic mass is 79.9. The van der Waals surface area contributed by atoms with Crippen molar-refractivity contribution in [2.24, 2.45) is 0 Å². The first-order valence-corrected chi connectivity index (χ1v) is 7.19. The smallest absolute Gasteiger partial charge is 0.320 e. The summed E-state index contributed by atoms with van der Waals surface area (Å²) in [4.78, 5) is 15.9. The number of hydrogen-bond donors (Lipinski definition) is 0. The maximum atomic E-state index is 11.7. The van der Waals surface area contributed by atoms with Crippen molar-refractivity contribution in [2.75, 3.05) is 6.61 Å². The van der Waals surface area contributed by atoms with Gasteiger partial charge in [-0.1, -0.05) is 40.2 Å². The number of halogens is 1. The number of esters is 1. The van der Waals surface area contributed by atoms with Gasteiger partial charge in [0.25, 0.3) is 0 Å². The van der Waals surface area contributed by atoms with E-state index in [1.54, 1.807) is 6.92 Å². The van der Waals surface area contributed by atoms with Gasteiger partial charge in [0.15, 0.2) is 0 Å². The summed E-state index contributed by atoms with van der Waals surface area (Å²) in [6.07, 6.45) is 0.576. The summed E-state index contributed by atoms with van der Waals surface area (Å²) in [5.41, 5.74) is 2.98. The first kappa shape index (κ1) is 14.0. The van der Waals surface area contributed by atoms with E-state index in [-0.39, 0.29) is 10.8 Å². The Bertz CT molecular complexity index is 598. The third kappa shape index (κ3) is 3.32. The number of alkyl halides is 1. The number of hydrogen-bond acceptors (Lipinski definition) is 3. The van der Waals surface area contributed by atoms with Crippen molar-refractivity contribution in [3.05, 3.63) is 41.6 Å². The fourth-order valence-corrected chi connectivity index (χ4v) is 2.46. The van der Waals surface area contributed by atoms with Gasteiger partial charge >= 0.3 is 5.97 Å². The van der Waals surface area contributed by atoms with Gasteiger partial charge in [-0.05, 0) is 31.9 Å². The Morgan fingerprint density at radius 1 is 1.37 bits per heavy atom. The predicted octanol–water partition coefficient (Wildman–Crippen LogP) is 3.41. The van der Waals surface area contributed by atoms with Crippen molar-refractivity contribution in [1.82, 2.24) is 4.98 Å². The average molecular weight is 322 g/mol. The lowest BCUT2D eigenvalue weighted by Crippen LogP contribution is -2.19. The van der Waals surface area contributed by atoms with Gasteiger partial charge in [-0.3, -0.25) is 9.78 Å². The molecule has 0 aliphatic carbocycles. The molecule has 2 rings (SSSR count). The lowest BCUT2D eigenvalue weighted by Gasteiger charge is -2.11. The number of aromatic nitrogens is 1. The van der Waals surface area contributed by atoms with Crippen molar-refractivity contribution in [3.63, 3.8) is 0 Å². The van der Waals surface area contributed by atoms with E-state index in [4.69, 9.17) is 4.74 Å². The van der Waals surface area contributed by atoms with Gasteiger partial charge in [-0.2, -0.15) is 0 Å². The van der Waals surface area contributed by atoms with Crippen LogP contribution >= 0.6 is 15.9 Å². The zero-order valence-electron chi connectivity index (χ0n) is 11.0. The number of carbonyl (C=O) groups is 1. The van der Waals surface area contributed by atoms with Crippen LogP contribution < -0.4 is 0 Å². The molecule has 4 heteroatoms. The zero-order chi connectivity index (χ0) is 13.8. The second-order valence-corrected chi connectivity index (χ2v) is 5.47. The molecular weight excluding hydrogens is 306 g/mol. The minimum atomic E-state index is -0.333. The molecule has 0 N–H and O–H groups in total. The van der Waals surface area contributed by atoms with Crippen LogP contribution in [0.25, 0.3) is 10.9 Å². The van der Waals surface area contributed by atoms with Gasteiger partial charge in [0.1, 0.15) is 4.83 Å². The Labute approximate surface area is 121 Å². The van der Waals surface area contributed by atoms with Crippen molar-refractivity contribution in [2.45, 2.75) is 25.1 Å². The van der Waals surface area contributed by atoms with Crippen LogP contribution in [0.3, 0.4) is 0 Å². The van der Waals surface area contributed by atoms with Gasteiger partial charge in [0.05, 0.1) is 12.1 Å².